The van der Waals surface area contributed by atoms with E-state index < -0.39 is 11.8 Å². The number of rotatable bonds is 5. The normalized spacial score (nSPS) is 25.2. The Morgan fingerprint density at radius 1 is 1.12 bits per heavy atom. The number of esters is 1. The Labute approximate surface area is 190 Å². The van der Waals surface area contributed by atoms with Crippen LogP contribution in [0.15, 0.2) is 41.7 Å². The first-order valence-corrected chi connectivity index (χ1v) is 11.4. The van der Waals surface area contributed by atoms with Gasteiger partial charge in [-0.05, 0) is 43.6 Å². The van der Waals surface area contributed by atoms with Gasteiger partial charge >= 0.3 is 5.97 Å². The molecular weight excluding hydrogens is 406 g/mol. The molecule has 6 heteroatoms. The van der Waals surface area contributed by atoms with Crippen molar-refractivity contribution in [2.45, 2.75) is 64.4 Å². The molecule has 0 radical (unpaired) electrons. The van der Waals surface area contributed by atoms with Crippen molar-refractivity contribution in [3.8, 4) is 11.5 Å². The summed E-state index contributed by atoms with van der Waals surface area (Å²) in [7, 11) is 3.15. The quantitative estimate of drug-likeness (QED) is 0.674. The molecule has 1 aromatic carbocycles. The average Bonchev–Trinajstić information content (AvgIpc) is 3.23. The third-order valence-corrected chi connectivity index (χ3v) is 6.86. The molecule has 1 heterocycles. The van der Waals surface area contributed by atoms with E-state index in [1.54, 1.807) is 14.2 Å². The van der Waals surface area contributed by atoms with Gasteiger partial charge in [-0.3, -0.25) is 9.59 Å². The topological polar surface area (TPSA) is 73.9 Å². The number of hydrogen-bond acceptors (Lipinski definition) is 6. The SMILES string of the molecule is C=C1NC2=C(C(=O)CC(C)(C)C2)C(c2cccc(OC)c2OC)C1C(=O)OC1CCCC1. The lowest BCUT2D eigenvalue weighted by Gasteiger charge is -2.42. The summed E-state index contributed by atoms with van der Waals surface area (Å²) < 4.78 is 17.1. The number of carbonyl (C=O) groups is 2. The Hall–Kier alpha value is -2.76. The number of hydrogen-bond donors (Lipinski definition) is 1. The van der Waals surface area contributed by atoms with Gasteiger partial charge in [-0.15, -0.1) is 0 Å². The summed E-state index contributed by atoms with van der Waals surface area (Å²) in [5, 5.41) is 3.32. The maximum atomic E-state index is 13.5. The number of allylic oxidation sites excluding steroid dienone is 2. The van der Waals surface area contributed by atoms with Gasteiger partial charge < -0.3 is 19.5 Å². The predicted molar refractivity (Wildman–Crippen MR) is 121 cm³/mol. The molecule has 0 aromatic heterocycles. The summed E-state index contributed by atoms with van der Waals surface area (Å²) in [5.74, 6) is -0.472. The van der Waals surface area contributed by atoms with Crippen molar-refractivity contribution in [3.05, 3.63) is 47.3 Å². The van der Waals surface area contributed by atoms with Crippen LogP contribution in [0.3, 0.4) is 0 Å². The molecule has 2 aliphatic carbocycles. The molecule has 4 rings (SSSR count). The van der Waals surface area contributed by atoms with Crippen molar-refractivity contribution in [2.75, 3.05) is 14.2 Å². The van der Waals surface area contributed by atoms with Crippen molar-refractivity contribution < 1.29 is 23.8 Å². The summed E-state index contributed by atoms with van der Waals surface area (Å²) in [6.07, 6.45) is 4.96. The number of methoxy groups -OCH3 is 2. The van der Waals surface area contributed by atoms with Gasteiger partial charge in [0.2, 0.25) is 0 Å². The lowest BCUT2D eigenvalue weighted by molar-refractivity contribution is -0.153. The van der Waals surface area contributed by atoms with Crippen molar-refractivity contribution in [3.63, 3.8) is 0 Å². The third-order valence-electron chi connectivity index (χ3n) is 6.86. The van der Waals surface area contributed by atoms with Gasteiger partial charge in [0.15, 0.2) is 17.3 Å². The Bertz CT molecular complexity index is 970. The molecule has 2 atom stereocenters. The van der Waals surface area contributed by atoms with E-state index >= 15 is 0 Å². The molecule has 0 bridgehead atoms. The van der Waals surface area contributed by atoms with Crippen LogP contribution >= 0.6 is 0 Å². The number of Topliss-reactive ketones (excluding diaryl/α,β-unsaturated/α-hetero) is 1. The molecule has 3 aliphatic rings. The van der Waals surface area contributed by atoms with Crippen molar-refractivity contribution >= 4 is 11.8 Å². The van der Waals surface area contributed by atoms with Crippen molar-refractivity contribution in [2.24, 2.45) is 11.3 Å². The highest BCUT2D eigenvalue weighted by Gasteiger charge is 2.48. The third kappa shape index (κ3) is 4.03. The van der Waals surface area contributed by atoms with Crippen LogP contribution in [-0.2, 0) is 14.3 Å². The lowest BCUT2D eigenvalue weighted by atomic mass is 9.66. The first kappa shape index (κ1) is 22.4. The molecule has 1 aliphatic heterocycles. The number of carbonyl (C=O) groups excluding carboxylic acids is 2. The smallest absolute Gasteiger partial charge is 0.316 e. The van der Waals surface area contributed by atoms with Gasteiger partial charge in [0.25, 0.3) is 0 Å². The fraction of sp³-hybridized carbons (Fsp3) is 0.538. The Morgan fingerprint density at radius 2 is 1.84 bits per heavy atom. The van der Waals surface area contributed by atoms with E-state index in [-0.39, 0.29) is 23.3 Å². The summed E-state index contributed by atoms with van der Waals surface area (Å²) >= 11 is 0. The van der Waals surface area contributed by atoms with E-state index in [0.717, 1.165) is 36.9 Å². The molecule has 0 amide bonds. The van der Waals surface area contributed by atoms with Gasteiger partial charge in [-0.1, -0.05) is 32.6 Å². The van der Waals surface area contributed by atoms with Crippen LogP contribution < -0.4 is 14.8 Å². The number of ketones is 1. The van der Waals surface area contributed by atoms with Crippen LogP contribution in [-0.4, -0.2) is 32.1 Å². The monoisotopic (exact) mass is 439 g/mol. The van der Waals surface area contributed by atoms with Crippen molar-refractivity contribution in [1.29, 1.82) is 0 Å². The van der Waals surface area contributed by atoms with Crippen LogP contribution in [0.4, 0.5) is 0 Å². The van der Waals surface area contributed by atoms with E-state index in [0.29, 0.717) is 35.6 Å². The molecule has 1 saturated carbocycles. The highest BCUT2D eigenvalue weighted by Crippen LogP contribution is 2.51. The van der Waals surface area contributed by atoms with Crippen LogP contribution in [0.25, 0.3) is 0 Å². The predicted octanol–water partition coefficient (Wildman–Crippen LogP) is 4.65. The second kappa shape index (κ2) is 8.64. The zero-order valence-corrected chi connectivity index (χ0v) is 19.5. The second-order valence-electron chi connectivity index (χ2n) is 9.86. The second-order valence-corrected chi connectivity index (χ2v) is 9.86. The van der Waals surface area contributed by atoms with Gasteiger partial charge in [-0.25, -0.2) is 0 Å². The van der Waals surface area contributed by atoms with E-state index in [1.165, 1.54) is 0 Å². The van der Waals surface area contributed by atoms with Gasteiger partial charge in [0.1, 0.15) is 12.0 Å². The first-order valence-electron chi connectivity index (χ1n) is 11.4. The molecule has 32 heavy (non-hydrogen) atoms. The number of nitrogens with one attached hydrogen (secondary N) is 1. The summed E-state index contributed by atoms with van der Waals surface area (Å²) in [6, 6.07) is 5.57. The van der Waals surface area contributed by atoms with Crippen LogP contribution in [0, 0.1) is 11.3 Å². The van der Waals surface area contributed by atoms with Gasteiger partial charge in [-0.2, -0.15) is 0 Å². The Balaban J connectivity index is 1.85. The van der Waals surface area contributed by atoms with Crippen molar-refractivity contribution in [1.82, 2.24) is 5.32 Å². The van der Waals surface area contributed by atoms with Gasteiger partial charge in [0, 0.05) is 34.9 Å². The fourth-order valence-corrected chi connectivity index (χ4v) is 5.46. The van der Waals surface area contributed by atoms with E-state index in [9.17, 15) is 9.59 Å². The largest absolute Gasteiger partial charge is 0.493 e. The molecule has 2 unspecified atom stereocenters. The number of ether oxygens (including phenoxy) is 3. The fourth-order valence-electron chi connectivity index (χ4n) is 5.46. The first-order chi connectivity index (χ1) is 15.3. The average molecular weight is 440 g/mol. The highest BCUT2D eigenvalue weighted by molar-refractivity contribution is 6.01. The zero-order chi connectivity index (χ0) is 23.0. The van der Waals surface area contributed by atoms with E-state index in [2.05, 4.69) is 25.7 Å². The summed E-state index contributed by atoms with van der Waals surface area (Å²) in [5.41, 5.74) is 2.62. The molecule has 0 spiro atoms. The van der Waals surface area contributed by atoms with Crippen LogP contribution in [0.1, 0.15) is 63.9 Å². The molecule has 0 saturated heterocycles. The molecule has 6 nitrogen and oxygen atoms in total. The zero-order valence-electron chi connectivity index (χ0n) is 19.5. The lowest BCUT2D eigenvalue weighted by Crippen LogP contribution is -2.44. The number of benzene rings is 1. The van der Waals surface area contributed by atoms with Crippen LogP contribution in [0.5, 0.6) is 11.5 Å². The Kier molecular flexibility index (Phi) is 6.06. The van der Waals surface area contributed by atoms with E-state index in [1.807, 2.05) is 18.2 Å². The minimum atomic E-state index is -0.722. The highest BCUT2D eigenvalue weighted by atomic mass is 16.5. The number of para-hydroxylation sites is 1. The molecular formula is C26H33NO5. The molecule has 1 N–H and O–H groups in total. The molecule has 172 valence electrons. The Morgan fingerprint density at radius 3 is 2.50 bits per heavy atom. The summed E-state index contributed by atoms with van der Waals surface area (Å²) in [6.45, 7) is 8.37. The summed E-state index contributed by atoms with van der Waals surface area (Å²) in [4.78, 5) is 26.9. The maximum Gasteiger partial charge on any atom is 0.316 e. The minimum Gasteiger partial charge on any atom is -0.493 e. The van der Waals surface area contributed by atoms with Crippen LogP contribution in [0.2, 0.25) is 0 Å². The van der Waals surface area contributed by atoms with Gasteiger partial charge in [0.05, 0.1) is 14.2 Å². The van der Waals surface area contributed by atoms with E-state index in [4.69, 9.17) is 14.2 Å². The standard InChI is InChI=1S/C26H33NO5/c1-15-21(25(29)32-16-9-6-7-10-16)22(17-11-8-12-20(30-4)24(17)31-5)23-18(27-15)13-26(2,3)14-19(23)28/h8,11-12,16,21-22,27H,1,6-7,9-10,13-14H2,2-5H3. The molecule has 1 aromatic rings. The minimum absolute atomic E-state index is 0.0461. The molecule has 1 fully saturated rings. The maximum absolute atomic E-state index is 13.5.